The molecule has 1 rings (SSSR count). The number of methoxy groups -OCH3 is 2. The van der Waals surface area contributed by atoms with E-state index < -0.39 is 0 Å². The van der Waals surface area contributed by atoms with Crippen LogP contribution in [0, 0.1) is 5.92 Å². The number of nitrogens with two attached hydrogens (primary N) is 1. The van der Waals surface area contributed by atoms with Gasteiger partial charge >= 0.3 is 0 Å². The minimum Gasteiger partial charge on any atom is -0.399 e. The number of rotatable bonds is 6. The summed E-state index contributed by atoms with van der Waals surface area (Å²) in [6.07, 6.45) is 6.52. The highest BCUT2D eigenvalue weighted by Gasteiger charge is 2.17. The summed E-state index contributed by atoms with van der Waals surface area (Å²) in [5.41, 5.74) is 6.49. The lowest BCUT2D eigenvalue weighted by molar-refractivity contribution is -0.119. The summed E-state index contributed by atoms with van der Waals surface area (Å²) in [4.78, 5) is 0. The standard InChI is InChI=1S/C12H21NO3/c1-9-8-10(13)4-5-11(9)16-7-6-12(14-2)15-3/h4-5,8-9,11-12H,6-7,13H2,1-3H3. The van der Waals surface area contributed by atoms with Gasteiger partial charge in [0.2, 0.25) is 0 Å². The second kappa shape index (κ2) is 6.68. The summed E-state index contributed by atoms with van der Waals surface area (Å²) < 4.78 is 15.9. The zero-order valence-electron chi connectivity index (χ0n) is 10.2. The van der Waals surface area contributed by atoms with Crippen LogP contribution in [0.25, 0.3) is 0 Å². The molecule has 1 aliphatic rings. The highest BCUT2D eigenvalue weighted by molar-refractivity contribution is 5.23. The number of hydrogen-bond acceptors (Lipinski definition) is 4. The van der Waals surface area contributed by atoms with Crippen molar-refractivity contribution in [2.45, 2.75) is 25.7 Å². The molecule has 2 N–H and O–H groups in total. The third kappa shape index (κ3) is 3.96. The molecule has 0 aliphatic heterocycles. The molecule has 0 radical (unpaired) electrons. The molecular formula is C12H21NO3. The Bertz CT molecular complexity index is 259. The molecule has 0 saturated carbocycles. The average Bonchev–Trinajstić information content (AvgIpc) is 2.27. The first kappa shape index (κ1) is 13.2. The number of hydrogen-bond donors (Lipinski definition) is 1. The van der Waals surface area contributed by atoms with Crippen LogP contribution in [0.1, 0.15) is 13.3 Å². The Morgan fingerprint density at radius 2 is 2.06 bits per heavy atom. The van der Waals surface area contributed by atoms with E-state index >= 15 is 0 Å². The van der Waals surface area contributed by atoms with Gasteiger partial charge in [-0.3, -0.25) is 0 Å². The van der Waals surface area contributed by atoms with Gasteiger partial charge in [0.05, 0.1) is 12.7 Å². The molecule has 92 valence electrons. The summed E-state index contributed by atoms with van der Waals surface area (Å²) in [5.74, 6) is 0.313. The topological polar surface area (TPSA) is 53.7 Å². The molecule has 0 bridgehead atoms. The number of allylic oxidation sites excluding steroid dienone is 1. The fourth-order valence-electron chi connectivity index (χ4n) is 1.67. The molecule has 2 unspecified atom stereocenters. The van der Waals surface area contributed by atoms with Crippen molar-refractivity contribution in [1.29, 1.82) is 0 Å². The summed E-state index contributed by atoms with van der Waals surface area (Å²) >= 11 is 0. The van der Waals surface area contributed by atoms with Crippen LogP contribution in [0.4, 0.5) is 0 Å². The normalized spacial score (nSPS) is 24.9. The Morgan fingerprint density at radius 1 is 1.38 bits per heavy atom. The smallest absolute Gasteiger partial charge is 0.159 e. The third-order valence-corrected chi connectivity index (χ3v) is 2.64. The molecule has 0 amide bonds. The Kier molecular flexibility index (Phi) is 5.52. The van der Waals surface area contributed by atoms with Gasteiger partial charge in [-0.2, -0.15) is 0 Å². The minimum absolute atomic E-state index is 0.0988. The molecule has 0 aromatic heterocycles. The predicted molar refractivity (Wildman–Crippen MR) is 62.7 cm³/mol. The summed E-state index contributed by atoms with van der Waals surface area (Å²) in [7, 11) is 3.25. The molecule has 16 heavy (non-hydrogen) atoms. The van der Waals surface area contributed by atoms with Gasteiger partial charge in [-0.15, -0.1) is 0 Å². The van der Waals surface area contributed by atoms with Gasteiger partial charge in [0.25, 0.3) is 0 Å². The molecule has 4 nitrogen and oxygen atoms in total. The largest absolute Gasteiger partial charge is 0.399 e. The zero-order chi connectivity index (χ0) is 12.0. The van der Waals surface area contributed by atoms with Crippen LogP contribution in [0.15, 0.2) is 23.9 Å². The Morgan fingerprint density at radius 3 is 2.62 bits per heavy atom. The summed E-state index contributed by atoms with van der Waals surface area (Å²) in [6.45, 7) is 2.70. The quantitative estimate of drug-likeness (QED) is 0.697. The predicted octanol–water partition coefficient (Wildman–Crippen LogP) is 1.43. The van der Waals surface area contributed by atoms with Crippen LogP contribution in [-0.4, -0.2) is 33.2 Å². The summed E-state index contributed by atoms with van der Waals surface area (Å²) in [6, 6.07) is 0. The molecule has 4 heteroatoms. The van der Waals surface area contributed by atoms with Gasteiger partial charge in [0.1, 0.15) is 0 Å². The van der Waals surface area contributed by atoms with Gasteiger partial charge in [0, 0.05) is 32.3 Å². The van der Waals surface area contributed by atoms with Gasteiger partial charge in [0.15, 0.2) is 6.29 Å². The Labute approximate surface area is 97.0 Å². The SMILES string of the molecule is COC(CCOC1C=CC(N)=CC1C)OC. The van der Waals surface area contributed by atoms with E-state index in [1.807, 2.05) is 18.2 Å². The fourth-order valence-corrected chi connectivity index (χ4v) is 1.67. The van der Waals surface area contributed by atoms with E-state index in [9.17, 15) is 0 Å². The second-order valence-electron chi connectivity index (χ2n) is 3.91. The van der Waals surface area contributed by atoms with Crippen molar-refractivity contribution in [2.24, 2.45) is 11.7 Å². The maximum absolute atomic E-state index is 5.73. The van der Waals surface area contributed by atoms with Crippen LogP contribution in [0.5, 0.6) is 0 Å². The van der Waals surface area contributed by atoms with Crippen molar-refractivity contribution < 1.29 is 14.2 Å². The van der Waals surface area contributed by atoms with Gasteiger partial charge in [-0.05, 0) is 6.08 Å². The van der Waals surface area contributed by atoms with Crippen molar-refractivity contribution in [2.75, 3.05) is 20.8 Å². The number of ether oxygens (including phenoxy) is 3. The zero-order valence-corrected chi connectivity index (χ0v) is 10.2. The van der Waals surface area contributed by atoms with Gasteiger partial charge < -0.3 is 19.9 Å². The van der Waals surface area contributed by atoms with E-state index in [0.29, 0.717) is 12.5 Å². The van der Waals surface area contributed by atoms with Crippen LogP contribution in [0.3, 0.4) is 0 Å². The highest BCUT2D eigenvalue weighted by Crippen LogP contribution is 2.17. The van der Waals surface area contributed by atoms with Crippen LogP contribution in [-0.2, 0) is 14.2 Å². The van der Waals surface area contributed by atoms with E-state index in [0.717, 1.165) is 12.1 Å². The maximum atomic E-state index is 5.73. The first-order valence-corrected chi connectivity index (χ1v) is 5.50. The second-order valence-corrected chi connectivity index (χ2v) is 3.91. The van der Waals surface area contributed by atoms with E-state index in [4.69, 9.17) is 19.9 Å². The first-order valence-electron chi connectivity index (χ1n) is 5.50. The molecule has 2 atom stereocenters. The molecule has 0 heterocycles. The molecule has 0 saturated heterocycles. The molecule has 0 aromatic carbocycles. The van der Waals surface area contributed by atoms with Crippen LogP contribution < -0.4 is 5.73 Å². The van der Waals surface area contributed by atoms with Crippen molar-refractivity contribution in [3.05, 3.63) is 23.9 Å². The van der Waals surface area contributed by atoms with Crippen LogP contribution >= 0.6 is 0 Å². The Hall–Kier alpha value is -0.840. The lowest BCUT2D eigenvalue weighted by atomic mass is 9.98. The van der Waals surface area contributed by atoms with E-state index in [2.05, 4.69) is 6.92 Å². The molecule has 0 fully saturated rings. The molecule has 0 aromatic rings. The third-order valence-electron chi connectivity index (χ3n) is 2.64. The Balaban J connectivity index is 2.26. The average molecular weight is 227 g/mol. The van der Waals surface area contributed by atoms with Crippen molar-refractivity contribution in [3.63, 3.8) is 0 Å². The monoisotopic (exact) mass is 227 g/mol. The summed E-state index contributed by atoms with van der Waals surface area (Å²) in [5, 5.41) is 0. The van der Waals surface area contributed by atoms with Crippen molar-refractivity contribution in [1.82, 2.24) is 0 Å². The lowest BCUT2D eigenvalue weighted by Gasteiger charge is -2.23. The molecular weight excluding hydrogens is 206 g/mol. The van der Waals surface area contributed by atoms with Crippen molar-refractivity contribution in [3.8, 4) is 0 Å². The first-order chi connectivity index (χ1) is 7.67. The van der Waals surface area contributed by atoms with Crippen molar-refractivity contribution >= 4 is 0 Å². The lowest BCUT2D eigenvalue weighted by Crippen LogP contribution is -2.24. The fraction of sp³-hybridized carbons (Fsp3) is 0.667. The minimum atomic E-state index is -0.191. The van der Waals surface area contributed by atoms with Gasteiger partial charge in [-0.1, -0.05) is 19.1 Å². The van der Waals surface area contributed by atoms with E-state index in [1.54, 1.807) is 14.2 Å². The van der Waals surface area contributed by atoms with Crippen LogP contribution in [0.2, 0.25) is 0 Å². The van der Waals surface area contributed by atoms with E-state index in [1.165, 1.54) is 0 Å². The molecule has 1 aliphatic carbocycles. The highest BCUT2D eigenvalue weighted by atomic mass is 16.7. The maximum Gasteiger partial charge on any atom is 0.159 e. The van der Waals surface area contributed by atoms with E-state index in [-0.39, 0.29) is 12.4 Å². The molecule has 0 spiro atoms. The van der Waals surface area contributed by atoms with Gasteiger partial charge in [-0.25, -0.2) is 0 Å².